The molecule has 0 heterocycles. The van der Waals surface area contributed by atoms with Crippen molar-refractivity contribution in [1.29, 1.82) is 0 Å². The molecule has 0 aliphatic rings. The molecule has 13 heavy (non-hydrogen) atoms. The Balaban J connectivity index is 4.29. The maximum atomic E-state index is 9.60. The first-order chi connectivity index (χ1) is 6.08. The van der Waals surface area contributed by atoms with Gasteiger partial charge in [0.25, 0.3) is 0 Å². The molecular weight excluding hydrogens is 168 g/mol. The van der Waals surface area contributed by atoms with Gasteiger partial charge in [-0.15, -0.1) is 6.58 Å². The molecule has 0 aromatic rings. The van der Waals surface area contributed by atoms with E-state index < -0.39 is 24.2 Å². The van der Waals surface area contributed by atoms with Crippen LogP contribution in [0.4, 0.5) is 0 Å². The molecule has 0 rings (SSSR count). The fourth-order valence-corrected chi connectivity index (χ4v) is 1.29. The molecule has 0 saturated carbocycles. The Bertz CT molecular complexity index is 147. The van der Waals surface area contributed by atoms with Gasteiger partial charge >= 0.3 is 0 Å². The maximum absolute atomic E-state index is 9.60. The van der Waals surface area contributed by atoms with E-state index in [9.17, 15) is 15.3 Å². The van der Waals surface area contributed by atoms with Crippen molar-refractivity contribution in [3.05, 3.63) is 12.7 Å². The van der Waals surface area contributed by atoms with E-state index in [0.29, 0.717) is 12.8 Å². The minimum atomic E-state index is -0.919. The minimum absolute atomic E-state index is 0.444. The molecule has 4 atom stereocenters. The van der Waals surface area contributed by atoms with Crippen molar-refractivity contribution in [2.75, 3.05) is 0 Å². The molecule has 4 unspecified atom stereocenters. The molecule has 0 aliphatic heterocycles. The first-order valence-corrected chi connectivity index (χ1v) is 4.75. The fourth-order valence-electron chi connectivity index (χ4n) is 1.29. The quantitative estimate of drug-likeness (QED) is 0.537. The SMILES string of the molecule is C=CC(C(O)CC)C(O)C(O)CC. The third-order valence-corrected chi connectivity index (χ3v) is 2.34. The lowest BCUT2D eigenvalue weighted by molar-refractivity contribution is -0.0427. The molecule has 0 aromatic heterocycles. The zero-order valence-corrected chi connectivity index (χ0v) is 8.35. The van der Waals surface area contributed by atoms with Gasteiger partial charge in [0.1, 0.15) is 0 Å². The summed E-state index contributed by atoms with van der Waals surface area (Å²) in [6.07, 6.45) is 0.180. The van der Waals surface area contributed by atoms with Crippen LogP contribution in [0.15, 0.2) is 12.7 Å². The molecular formula is C10H20O3. The Hall–Kier alpha value is -0.380. The third-order valence-electron chi connectivity index (χ3n) is 2.34. The molecule has 0 aliphatic carbocycles. The van der Waals surface area contributed by atoms with E-state index in [1.165, 1.54) is 6.08 Å². The summed E-state index contributed by atoms with van der Waals surface area (Å²) in [5.41, 5.74) is 0. The average Bonchev–Trinajstić information content (AvgIpc) is 2.17. The van der Waals surface area contributed by atoms with Crippen molar-refractivity contribution in [2.24, 2.45) is 5.92 Å². The highest BCUT2D eigenvalue weighted by molar-refractivity contribution is 4.91. The topological polar surface area (TPSA) is 60.7 Å². The summed E-state index contributed by atoms with van der Waals surface area (Å²) >= 11 is 0. The van der Waals surface area contributed by atoms with Crippen LogP contribution in [0, 0.1) is 5.92 Å². The second-order valence-corrected chi connectivity index (χ2v) is 3.25. The van der Waals surface area contributed by atoms with Crippen molar-refractivity contribution < 1.29 is 15.3 Å². The molecule has 3 N–H and O–H groups in total. The lowest BCUT2D eigenvalue weighted by Gasteiger charge is -2.27. The minimum Gasteiger partial charge on any atom is -0.392 e. The van der Waals surface area contributed by atoms with Crippen molar-refractivity contribution in [1.82, 2.24) is 0 Å². The van der Waals surface area contributed by atoms with Crippen LogP contribution in [0.2, 0.25) is 0 Å². The number of rotatable bonds is 6. The van der Waals surface area contributed by atoms with Crippen molar-refractivity contribution in [2.45, 2.75) is 45.0 Å². The second kappa shape index (κ2) is 6.13. The highest BCUT2D eigenvalue weighted by atomic mass is 16.3. The van der Waals surface area contributed by atoms with Crippen LogP contribution < -0.4 is 0 Å². The summed E-state index contributed by atoms with van der Waals surface area (Å²) in [5.74, 6) is -0.444. The van der Waals surface area contributed by atoms with Crippen LogP contribution in [-0.4, -0.2) is 33.6 Å². The number of aliphatic hydroxyl groups is 3. The molecule has 0 fully saturated rings. The first-order valence-electron chi connectivity index (χ1n) is 4.75. The van der Waals surface area contributed by atoms with Gasteiger partial charge in [-0.2, -0.15) is 0 Å². The van der Waals surface area contributed by atoms with Gasteiger partial charge in [-0.3, -0.25) is 0 Å². The van der Waals surface area contributed by atoms with Crippen molar-refractivity contribution in [3.63, 3.8) is 0 Å². The summed E-state index contributed by atoms with van der Waals surface area (Å²) in [6.45, 7) is 7.15. The van der Waals surface area contributed by atoms with Crippen molar-refractivity contribution >= 4 is 0 Å². The summed E-state index contributed by atoms with van der Waals surface area (Å²) in [4.78, 5) is 0. The highest BCUT2D eigenvalue weighted by Gasteiger charge is 2.27. The molecule has 78 valence electrons. The van der Waals surface area contributed by atoms with Crippen LogP contribution in [-0.2, 0) is 0 Å². The molecule has 3 heteroatoms. The van der Waals surface area contributed by atoms with Gasteiger partial charge < -0.3 is 15.3 Å². The molecule has 0 spiro atoms. The Morgan fingerprint density at radius 1 is 1.08 bits per heavy atom. The van der Waals surface area contributed by atoms with Gasteiger partial charge in [0.2, 0.25) is 0 Å². The van der Waals surface area contributed by atoms with Gasteiger partial charge in [0.05, 0.1) is 18.3 Å². The summed E-state index contributed by atoms with van der Waals surface area (Å²) in [5, 5.41) is 28.5. The van der Waals surface area contributed by atoms with Gasteiger partial charge in [-0.1, -0.05) is 19.9 Å². The monoisotopic (exact) mass is 188 g/mol. The van der Waals surface area contributed by atoms with E-state index in [-0.39, 0.29) is 0 Å². The molecule has 0 amide bonds. The van der Waals surface area contributed by atoms with E-state index in [2.05, 4.69) is 6.58 Å². The van der Waals surface area contributed by atoms with Gasteiger partial charge in [-0.25, -0.2) is 0 Å². The zero-order valence-electron chi connectivity index (χ0n) is 8.35. The van der Waals surface area contributed by atoms with E-state index >= 15 is 0 Å². The van der Waals surface area contributed by atoms with Crippen LogP contribution in [0.1, 0.15) is 26.7 Å². The normalized spacial score (nSPS) is 20.4. The van der Waals surface area contributed by atoms with Gasteiger partial charge in [0, 0.05) is 5.92 Å². The molecule has 0 saturated heterocycles. The Kier molecular flexibility index (Phi) is 5.95. The van der Waals surface area contributed by atoms with Gasteiger partial charge in [0.15, 0.2) is 0 Å². The predicted molar refractivity (Wildman–Crippen MR) is 52.3 cm³/mol. The highest BCUT2D eigenvalue weighted by Crippen LogP contribution is 2.17. The zero-order chi connectivity index (χ0) is 10.4. The lowest BCUT2D eigenvalue weighted by Crippen LogP contribution is -2.38. The predicted octanol–water partition coefficient (Wildman–Crippen LogP) is 0.691. The molecule has 0 aromatic carbocycles. The van der Waals surface area contributed by atoms with Crippen molar-refractivity contribution in [3.8, 4) is 0 Å². The van der Waals surface area contributed by atoms with E-state index in [4.69, 9.17) is 0 Å². The van der Waals surface area contributed by atoms with E-state index in [0.717, 1.165) is 0 Å². The van der Waals surface area contributed by atoms with Gasteiger partial charge in [-0.05, 0) is 12.8 Å². The summed E-state index contributed by atoms with van der Waals surface area (Å²) < 4.78 is 0. The first kappa shape index (κ1) is 12.6. The lowest BCUT2D eigenvalue weighted by atomic mass is 9.90. The molecule has 3 nitrogen and oxygen atoms in total. The summed E-state index contributed by atoms with van der Waals surface area (Å²) in [6, 6.07) is 0. The third kappa shape index (κ3) is 3.46. The van der Waals surface area contributed by atoms with E-state index in [1.54, 1.807) is 6.92 Å². The Labute approximate surface area is 79.7 Å². The van der Waals surface area contributed by atoms with E-state index in [1.807, 2.05) is 6.92 Å². The Morgan fingerprint density at radius 2 is 1.54 bits per heavy atom. The fraction of sp³-hybridized carbons (Fsp3) is 0.800. The molecule has 0 bridgehead atoms. The van der Waals surface area contributed by atoms with Crippen LogP contribution in [0.25, 0.3) is 0 Å². The number of aliphatic hydroxyl groups excluding tert-OH is 3. The van der Waals surface area contributed by atoms with Crippen LogP contribution in [0.5, 0.6) is 0 Å². The van der Waals surface area contributed by atoms with Crippen LogP contribution >= 0.6 is 0 Å². The van der Waals surface area contributed by atoms with Crippen LogP contribution in [0.3, 0.4) is 0 Å². The second-order valence-electron chi connectivity index (χ2n) is 3.25. The number of hydrogen-bond acceptors (Lipinski definition) is 3. The molecule has 0 radical (unpaired) electrons. The maximum Gasteiger partial charge on any atom is 0.0886 e. The Morgan fingerprint density at radius 3 is 1.85 bits per heavy atom. The summed E-state index contributed by atoms with van der Waals surface area (Å²) in [7, 11) is 0. The average molecular weight is 188 g/mol. The number of hydrogen-bond donors (Lipinski definition) is 3. The standard InChI is InChI=1S/C10H20O3/c1-4-7(8(11)5-2)10(13)9(12)6-3/h4,7-13H,1,5-6H2,2-3H3. The smallest absolute Gasteiger partial charge is 0.0886 e. The largest absolute Gasteiger partial charge is 0.392 e.